The van der Waals surface area contributed by atoms with Crippen LogP contribution in [0.1, 0.15) is 16.7 Å². The highest BCUT2D eigenvalue weighted by Gasteiger charge is 2.16. The van der Waals surface area contributed by atoms with Crippen molar-refractivity contribution in [3.05, 3.63) is 34.9 Å². The second-order valence-corrected chi connectivity index (χ2v) is 5.60. The van der Waals surface area contributed by atoms with Gasteiger partial charge in [0.2, 0.25) is 0 Å². The van der Waals surface area contributed by atoms with E-state index in [0.717, 1.165) is 45.1 Å². The molecule has 0 amide bonds. The molecule has 0 unspecified atom stereocenters. The van der Waals surface area contributed by atoms with E-state index in [1.165, 1.54) is 16.7 Å². The van der Waals surface area contributed by atoms with Crippen molar-refractivity contribution in [2.75, 3.05) is 38.6 Å². The molecule has 1 saturated heterocycles. The molecule has 3 heteroatoms. The molecule has 0 atom stereocenters. The van der Waals surface area contributed by atoms with Gasteiger partial charge in [0.25, 0.3) is 0 Å². The Morgan fingerprint density at radius 1 is 1.00 bits per heavy atom. The van der Waals surface area contributed by atoms with Crippen LogP contribution in [0.5, 0.6) is 0 Å². The highest BCUT2D eigenvalue weighted by Crippen LogP contribution is 2.13. The highest BCUT2D eigenvalue weighted by molar-refractivity contribution is 6.18. The molecule has 0 radical (unpaired) electrons. The van der Waals surface area contributed by atoms with E-state index in [9.17, 15) is 0 Å². The van der Waals surface area contributed by atoms with Crippen LogP contribution in [0.3, 0.4) is 0 Å². The van der Waals surface area contributed by atoms with E-state index in [-0.39, 0.29) is 0 Å². The first-order valence-electron chi connectivity index (χ1n) is 6.76. The number of halogens is 1. The fraction of sp³-hybridized carbons (Fsp3) is 0.600. The number of hydrogen-bond donors (Lipinski definition) is 0. The summed E-state index contributed by atoms with van der Waals surface area (Å²) in [6.07, 6.45) is 0. The van der Waals surface area contributed by atoms with Gasteiger partial charge in [-0.3, -0.25) is 9.80 Å². The summed E-state index contributed by atoms with van der Waals surface area (Å²) in [7, 11) is 0. The van der Waals surface area contributed by atoms with Crippen molar-refractivity contribution < 1.29 is 0 Å². The van der Waals surface area contributed by atoms with Gasteiger partial charge in [-0.25, -0.2) is 0 Å². The third-order valence-electron chi connectivity index (χ3n) is 3.84. The maximum atomic E-state index is 5.78. The monoisotopic (exact) mass is 266 g/mol. The zero-order valence-electron chi connectivity index (χ0n) is 11.5. The number of piperazine rings is 1. The van der Waals surface area contributed by atoms with Crippen LogP contribution >= 0.6 is 11.6 Å². The first-order chi connectivity index (χ1) is 8.69. The molecule has 0 aromatic heterocycles. The average Bonchev–Trinajstić information content (AvgIpc) is 2.37. The van der Waals surface area contributed by atoms with E-state index in [2.05, 4.69) is 41.8 Å². The minimum atomic E-state index is 0.747. The van der Waals surface area contributed by atoms with Gasteiger partial charge in [0.1, 0.15) is 0 Å². The van der Waals surface area contributed by atoms with E-state index in [1.54, 1.807) is 0 Å². The second kappa shape index (κ2) is 6.55. The van der Waals surface area contributed by atoms with E-state index >= 15 is 0 Å². The molecule has 0 saturated carbocycles. The highest BCUT2D eigenvalue weighted by atomic mass is 35.5. The summed E-state index contributed by atoms with van der Waals surface area (Å²) in [6.45, 7) is 11.1. The molecule has 2 nitrogen and oxygen atoms in total. The Morgan fingerprint density at radius 2 is 1.67 bits per heavy atom. The van der Waals surface area contributed by atoms with Gasteiger partial charge in [-0.2, -0.15) is 0 Å². The first kappa shape index (κ1) is 13.9. The Labute approximate surface area is 116 Å². The van der Waals surface area contributed by atoms with Crippen LogP contribution in [0.25, 0.3) is 0 Å². The van der Waals surface area contributed by atoms with Crippen LogP contribution in [-0.4, -0.2) is 48.4 Å². The number of nitrogens with zero attached hydrogens (tertiary/aromatic N) is 2. The summed E-state index contributed by atoms with van der Waals surface area (Å²) in [5.74, 6) is 0.747. The molecule has 1 aromatic rings. The Balaban J connectivity index is 1.85. The van der Waals surface area contributed by atoms with Crippen molar-refractivity contribution in [3.8, 4) is 0 Å². The zero-order valence-corrected chi connectivity index (χ0v) is 12.2. The molecule has 1 heterocycles. The van der Waals surface area contributed by atoms with Crippen LogP contribution in [-0.2, 0) is 6.54 Å². The molecule has 0 aliphatic carbocycles. The number of hydrogen-bond acceptors (Lipinski definition) is 2. The largest absolute Gasteiger partial charge is 0.300 e. The molecule has 0 bridgehead atoms. The van der Waals surface area contributed by atoms with E-state index in [0.29, 0.717) is 0 Å². The summed E-state index contributed by atoms with van der Waals surface area (Å²) in [5, 5.41) is 0. The van der Waals surface area contributed by atoms with Gasteiger partial charge in [0.05, 0.1) is 0 Å². The van der Waals surface area contributed by atoms with Gasteiger partial charge in [0.15, 0.2) is 0 Å². The lowest BCUT2D eigenvalue weighted by atomic mass is 10.1. The predicted molar refractivity (Wildman–Crippen MR) is 78.4 cm³/mol. The van der Waals surface area contributed by atoms with Crippen molar-refractivity contribution >= 4 is 11.6 Å². The maximum Gasteiger partial charge on any atom is 0.0351 e. The Morgan fingerprint density at radius 3 is 2.28 bits per heavy atom. The lowest BCUT2D eigenvalue weighted by Crippen LogP contribution is -2.46. The quantitative estimate of drug-likeness (QED) is 0.773. The molecule has 1 aliphatic rings. The Hall–Kier alpha value is -0.570. The van der Waals surface area contributed by atoms with Crippen molar-refractivity contribution in [2.24, 2.45) is 0 Å². The maximum absolute atomic E-state index is 5.78. The van der Waals surface area contributed by atoms with Gasteiger partial charge >= 0.3 is 0 Å². The summed E-state index contributed by atoms with van der Waals surface area (Å²) in [6, 6.07) is 6.81. The molecule has 0 spiro atoms. The minimum absolute atomic E-state index is 0.747. The fourth-order valence-corrected chi connectivity index (χ4v) is 2.69. The van der Waals surface area contributed by atoms with Gasteiger partial charge in [-0.05, 0) is 30.5 Å². The molecule has 2 rings (SSSR count). The topological polar surface area (TPSA) is 6.48 Å². The van der Waals surface area contributed by atoms with Crippen LogP contribution in [0.2, 0.25) is 0 Å². The number of alkyl halides is 1. The molecule has 1 aromatic carbocycles. The summed E-state index contributed by atoms with van der Waals surface area (Å²) < 4.78 is 0. The van der Waals surface area contributed by atoms with Gasteiger partial charge in [-0.15, -0.1) is 11.6 Å². The molecular weight excluding hydrogens is 244 g/mol. The first-order valence-corrected chi connectivity index (χ1v) is 7.29. The number of benzene rings is 1. The molecular formula is C15H23ClN2. The second-order valence-electron chi connectivity index (χ2n) is 5.23. The van der Waals surface area contributed by atoms with Gasteiger partial charge < -0.3 is 0 Å². The predicted octanol–water partition coefficient (Wildman–Crippen LogP) is 2.66. The van der Waals surface area contributed by atoms with Crippen molar-refractivity contribution in [2.45, 2.75) is 20.4 Å². The smallest absolute Gasteiger partial charge is 0.0351 e. The van der Waals surface area contributed by atoms with Gasteiger partial charge in [-0.1, -0.05) is 18.2 Å². The molecule has 100 valence electrons. The lowest BCUT2D eigenvalue weighted by Gasteiger charge is -2.34. The number of rotatable bonds is 4. The Bertz CT molecular complexity index is 384. The van der Waals surface area contributed by atoms with Crippen LogP contribution in [0.4, 0.5) is 0 Å². The molecule has 18 heavy (non-hydrogen) atoms. The third kappa shape index (κ3) is 3.71. The minimum Gasteiger partial charge on any atom is -0.300 e. The molecule has 1 fully saturated rings. The SMILES string of the molecule is Cc1ccc(CN2CCN(CCCl)CC2)cc1C. The normalized spacial score (nSPS) is 18.2. The van der Waals surface area contributed by atoms with Crippen LogP contribution in [0.15, 0.2) is 18.2 Å². The van der Waals surface area contributed by atoms with Crippen LogP contribution in [0, 0.1) is 13.8 Å². The lowest BCUT2D eigenvalue weighted by molar-refractivity contribution is 0.132. The van der Waals surface area contributed by atoms with Crippen molar-refractivity contribution in [3.63, 3.8) is 0 Å². The van der Waals surface area contributed by atoms with Crippen molar-refractivity contribution in [1.82, 2.24) is 9.80 Å². The summed E-state index contributed by atoms with van der Waals surface area (Å²) >= 11 is 5.78. The van der Waals surface area contributed by atoms with Crippen molar-refractivity contribution in [1.29, 1.82) is 0 Å². The standard InChI is InChI=1S/C15H23ClN2/c1-13-3-4-15(11-14(13)2)12-18-9-7-17(6-5-16)8-10-18/h3-4,11H,5-10,12H2,1-2H3. The van der Waals surface area contributed by atoms with Gasteiger partial charge in [0, 0.05) is 45.1 Å². The average molecular weight is 267 g/mol. The fourth-order valence-electron chi connectivity index (χ4n) is 2.45. The summed E-state index contributed by atoms with van der Waals surface area (Å²) in [5.41, 5.74) is 4.21. The summed E-state index contributed by atoms with van der Waals surface area (Å²) in [4.78, 5) is 4.98. The van der Waals surface area contributed by atoms with E-state index in [1.807, 2.05) is 0 Å². The Kier molecular flexibility index (Phi) is 5.04. The molecule has 0 N–H and O–H groups in total. The number of aryl methyl sites for hydroxylation is 2. The third-order valence-corrected chi connectivity index (χ3v) is 4.01. The molecule has 1 aliphatic heterocycles. The van der Waals surface area contributed by atoms with E-state index < -0.39 is 0 Å². The zero-order chi connectivity index (χ0) is 13.0. The van der Waals surface area contributed by atoms with E-state index in [4.69, 9.17) is 11.6 Å². The van der Waals surface area contributed by atoms with Crippen LogP contribution < -0.4 is 0 Å².